The first-order valence-electron chi connectivity index (χ1n) is 10.4. The third-order valence-electron chi connectivity index (χ3n) is 5.74. The van der Waals surface area contributed by atoms with Crippen molar-refractivity contribution >= 4 is 22.6 Å². The summed E-state index contributed by atoms with van der Waals surface area (Å²) in [5.74, 6) is -0.367. The molecule has 1 aliphatic carbocycles. The van der Waals surface area contributed by atoms with E-state index in [0.29, 0.717) is 22.3 Å². The highest BCUT2D eigenvalue weighted by molar-refractivity contribution is 5.94. The Labute approximate surface area is 182 Å². The summed E-state index contributed by atoms with van der Waals surface area (Å²) in [5.41, 5.74) is 1.66. The molecule has 2 aromatic carbocycles. The van der Waals surface area contributed by atoms with Crippen LogP contribution in [0.3, 0.4) is 0 Å². The van der Waals surface area contributed by atoms with Crippen molar-refractivity contribution in [3.8, 4) is 5.75 Å². The number of hydrogen-bond donors (Lipinski definition) is 1. The first-order valence-corrected chi connectivity index (χ1v) is 10.4. The minimum atomic E-state index is -4.80. The van der Waals surface area contributed by atoms with Gasteiger partial charge in [0, 0.05) is 11.6 Å². The molecule has 1 N–H and O–H groups in total. The lowest BCUT2D eigenvalue weighted by molar-refractivity contribution is -0.274. The number of carbonyl (C=O) groups is 1. The molecule has 32 heavy (non-hydrogen) atoms. The Morgan fingerprint density at radius 2 is 1.94 bits per heavy atom. The van der Waals surface area contributed by atoms with Gasteiger partial charge in [-0.15, -0.1) is 13.2 Å². The largest absolute Gasteiger partial charge is 0.573 e. The summed E-state index contributed by atoms with van der Waals surface area (Å²) in [6, 6.07) is 10.0. The van der Waals surface area contributed by atoms with E-state index in [1.54, 1.807) is 31.2 Å². The van der Waals surface area contributed by atoms with E-state index in [4.69, 9.17) is 0 Å². The maximum Gasteiger partial charge on any atom is 0.573 e. The number of anilines is 1. The minimum absolute atomic E-state index is 0.0128. The van der Waals surface area contributed by atoms with Gasteiger partial charge in [0.2, 0.25) is 5.91 Å². The highest BCUT2D eigenvalue weighted by Crippen LogP contribution is 2.29. The molecule has 9 heteroatoms. The quantitative estimate of drug-likeness (QED) is 0.598. The van der Waals surface area contributed by atoms with Crippen LogP contribution in [0.4, 0.5) is 18.9 Å². The Morgan fingerprint density at radius 3 is 2.66 bits per heavy atom. The Morgan fingerprint density at radius 1 is 1.19 bits per heavy atom. The second-order valence-corrected chi connectivity index (χ2v) is 7.94. The number of carbonyl (C=O) groups excluding carboxylic acids is 1. The van der Waals surface area contributed by atoms with Gasteiger partial charge >= 0.3 is 6.36 Å². The summed E-state index contributed by atoms with van der Waals surface area (Å²) < 4.78 is 43.2. The number of fused-ring (bicyclic) bond motifs is 1. The number of aromatic nitrogens is 2. The van der Waals surface area contributed by atoms with E-state index in [1.165, 1.54) is 22.8 Å². The molecule has 1 atom stereocenters. The molecule has 0 spiro atoms. The van der Waals surface area contributed by atoms with Gasteiger partial charge in [0.1, 0.15) is 5.75 Å². The van der Waals surface area contributed by atoms with Crippen LogP contribution in [0.1, 0.15) is 44.2 Å². The van der Waals surface area contributed by atoms with E-state index in [2.05, 4.69) is 15.0 Å². The molecule has 0 bridgehead atoms. The van der Waals surface area contributed by atoms with E-state index in [9.17, 15) is 22.8 Å². The molecule has 3 aromatic rings. The lowest BCUT2D eigenvalue weighted by atomic mass is 10.1. The number of nitrogens with zero attached hydrogens (tertiary/aromatic N) is 2. The number of alkyl halides is 3. The normalized spacial score (nSPS) is 15.6. The predicted molar refractivity (Wildman–Crippen MR) is 114 cm³/mol. The topological polar surface area (TPSA) is 73.2 Å². The summed E-state index contributed by atoms with van der Waals surface area (Å²) in [6.45, 7) is 1.71. The van der Waals surface area contributed by atoms with Gasteiger partial charge in [-0.2, -0.15) is 0 Å². The van der Waals surface area contributed by atoms with Crippen molar-refractivity contribution < 1.29 is 22.7 Å². The molecule has 0 radical (unpaired) electrons. The monoisotopic (exact) mass is 445 g/mol. The Kier molecular flexibility index (Phi) is 5.90. The first kappa shape index (κ1) is 21.9. The predicted octanol–water partition coefficient (Wildman–Crippen LogP) is 5.03. The van der Waals surface area contributed by atoms with Gasteiger partial charge in [-0.25, -0.2) is 4.98 Å². The van der Waals surface area contributed by atoms with Crippen LogP contribution < -0.4 is 15.6 Å². The molecule has 168 valence electrons. The van der Waals surface area contributed by atoms with Crippen molar-refractivity contribution in [1.29, 1.82) is 0 Å². The number of rotatable bonds is 5. The van der Waals surface area contributed by atoms with Crippen LogP contribution in [0.15, 0.2) is 53.5 Å². The molecule has 0 aliphatic heterocycles. The smallest absolute Gasteiger partial charge is 0.406 e. The lowest BCUT2D eigenvalue weighted by Gasteiger charge is -2.19. The average Bonchev–Trinajstić information content (AvgIpc) is 3.27. The van der Waals surface area contributed by atoms with Gasteiger partial charge in [0.15, 0.2) is 0 Å². The van der Waals surface area contributed by atoms with Crippen LogP contribution in [0, 0.1) is 5.92 Å². The van der Waals surface area contributed by atoms with Crippen molar-refractivity contribution in [2.75, 3.05) is 5.32 Å². The number of amides is 1. The van der Waals surface area contributed by atoms with Gasteiger partial charge < -0.3 is 10.1 Å². The van der Waals surface area contributed by atoms with Crippen LogP contribution >= 0.6 is 0 Å². The molecule has 4 rings (SSSR count). The van der Waals surface area contributed by atoms with Gasteiger partial charge in [-0.1, -0.05) is 25.0 Å². The van der Waals surface area contributed by atoms with Gasteiger partial charge in [0.25, 0.3) is 5.56 Å². The van der Waals surface area contributed by atoms with Crippen molar-refractivity contribution in [3.05, 3.63) is 64.6 Å². The molecule has 0 saturated heterocycles. The molecule has 1 saturated carbocycles. The minimum Gasteiger partial charge on any atom is -0.406 e. The first-order chi connectivity index (χ1) is 15.2. The maximum absolute atomic E-state index is 12.6. The van der Waals surface area contributed by atoms with Crippen molar-refractivity contribution in [3.63, 3.8) is 0 Å². The number of ether oxygens (including phenoxy) is 1. The van der Waals surface area contributed by atoms with Gasteiger partial charge in [-0.3, -0.25) is 14.2 Å². The molecule has 1 aromatic heterocycles. The standard InChI is InChI=1S/C23H22F3N3O3/c1-14(16-7-4-8-18(11-16)32-23(24,25)26)29-20-10-9-17(12-19(20)27-13-21(29)30)28-22(31)15-5-2-3-6-15/h4,7-15H,2-3,5-6H2,1H3,(H,28,31)/t14-/m0/s1. The van der Waals surface area contributed by atoms with Gasteiger partial charge in [-0.05, 0) is 55.7 Å². The summed E-state index contributed by atoms with van der Waals surface area (Å²) >= 11 is 0. The van der Waals surface area contributed by atoms with E-state index < -0.39 is 18.0 Å². The van der Waals surface area contributed by atoms with Crippen LogP contribution in [-0.4, -0.2) is 21.8 Å². The maximum atomic E-state index is 12.6. The molecular formula is C23H22F3N3O3. The van der Waals surface area contributed by atoms with Crippen LogP contribution in [0.25, 0.3) is 11.0 Å². The Balaban J connectivity index is 1.65. The highest BCUT2D eigenvalue weighted by atomic mass is 19.4. The van der Waals surface area contributed by atoms with E-state index in [-0.39, 0.29) is 17.6 Å². The summed E-state index contributed by atoms with van der Waals surface area (Å²) in [6.07, 6.45) is 0.226. The fourth-order valence-electron chi connectivity index (χ4n) is 4.17. The third kappa shape index (κ3) is 4.76. The summed E-state index contributed by atoms with van der Waals surface area (Å²) in [4.78, 5) is 29.2. The van der Waals surface area contributed by atoms with Crippen LogP contribution in [0.2, 0.25) is 0 Å². The van der Waals surface area contributed by atoms with Gasteiger partial charge in [0.05, 0.1) is 23.3 Å². The number of hydrogen-bond acceptors (Lipinski definition) is 4. The molecule has 1 heterocycles. The van der Waals surface area contributed by atoms with Crippen molar-refractivity contribution in [2.45, 2.75) is 45.0 Å². The number of benzene rings is 2. The molecule has 1 fully saturated rings. The van der Waals surface area contributed by atoms with Crippen LogP contribution in [-0.2, 0) is 4.79 Å². The fraction of sp³-hybridized carbons (Fsp3) is 0.348. The lowest BCUT2D eigenvalue weighted by Crippen LogP contribution is -2.25. The SMILES string of the molecule is C[C@@H](c1cccc(OC(F)(F)F)c1)n1c(=O)cnc2cc(NC(=O)C3CCCC3)ccc21. The second-order valence-electron chi connectivity index (χ2n) is 7.94. The highest BCUT2D eigenvalue weighted by Gasteiger charge is 2.31. The number of halogens is 3. The average molecular weight is 445 g/mol. The van der Waals surface area contributed by atoms with Crippen molar-refractivity contribution in [1.82, 2.24) is 9.55 Å². The molecule has 1 aliphatic rings. The molecule has 6 nitrogen and oxygen atoms in total. The Hall–Kier alpha value is -3.36. The van der Waals surface area contributed by atoms with E-state index >= 15 is 0 Å². The zero-order valence-electron chi connectivity index (χ0n) is 17.4. The third-order valence-corrected chi connectivity index (χ3v) is 5.74. The van der Waals surface area contributed by atoms with Crippen LogP contribution in [0.5, 0.6) is 5.75 Å². The fourth-order valence-corrected chi connectivity index (χ4v) is 4.17. The second kappa shape index (κ2) is 8.64. The molecule has 0 unspecified atom stereocenters. The van der Waals surface area contributed by atoms with Crippen molar-refractivity contribution in [2.24, 2.45) is 5.92 Å². The molecular weight excluding hydrogens is 423 g/mol. The van der Waals surface area contributed by atoms with E-state index in [0.717, 1.165) is 31.9 Å². The Bertz CT molecular complexity index is 1200. The number of nitrogens with one attached hydrogen (secondary N) is 1. The summed E-state index contributed by atoms with van der Waals surface area (Å²) in [7, 11) is 0. The molecule has 1 amide bonds. The zero-order chi connectivity index (χ0) is 22.9. The zero-order valence-corrected chi connectivity index (χ0v) is 17.4. The van der Waals surface area contributed by atoms with E-state index in [1.807, 2.05) is 0 Å². The summed E-state index contributed by atoms with van der Waals surface area (Å²) in [5, 5.41) is 2.91.